The second-order valence-corrected chi connectivity index (χ2v) is 4.93. The summed E-state index contributed by atoms with van der Waals surface area (Å²) in [7, 11) is 0. The van der Waals surface area contributed by atoms with Gasteiger partial charge in [-0.2, -0.15) is 0 Å². The molecule has 2 aromatic carbocycles. The molecular formula is C14H13FN2OS. The molecule has 98 valence electrons. The molecule has 2 rings (SSSR count). The fraction of sp³-hybridized carbons (Fsp3) is 0.0714. The van der Waals surface area contributed by atoms with Crippen molar-refractivity contribution >= 4 is 29.0 Å². The number of amides is 1. The lowest BCUT2D eigenvalue weighted by molar-refractivity contribution is -0.113. The van der Waals surface area contributed by atoms with Crippen molar-refractivity contribution in [2.24, 2.45) is 0 Å². The Kier molecular flexibility index (Phi) is 4.41. The molecule has 0 aromatic heterocycles. The van der Waals surface area contributed by atoms with Gasteiger partial charge in [-0.1, -0.05) is 18.2 Å². The Morgan fingerprint density at radius 3 is 2.63 bits per heavy atom. The summed E-state index contributed by atoms with van der Waals surface area (Å²) in [5.74, 6) is -0.442. The van der Waals surface area contributed by atoms with Gasteiger partial charge in [0.15, 0.2) is 0 Å². The third kappa shape index (κ3) is 3.99. The number of rotatable bonds is 4. The van der Waals surface area contributed by atoms with Crippen molar-refractivity contribution in [3.05, 3.63) is 54.3 Å². The van der Waals surface area contributed by atoms with E-state index in [0.717, 1.165) is 4.90 Å². The highest BCUT2D eigenvalue weighted by atomic mass is 32.2. The smallest absolute Gasteiger partial charge is 0.234 e. The molecule has 19 heavy (non-hydrogen) atoms. The van der Waals surface area contributed by atoms with E-state index in [1.165, 1.54) is 23.9 Å². The largest absolute Gasteiger partial charge is 0.396 e. The maximum atomic E-state index is 13.2. The number of benzene rings is 2. The van der Waals surface area contributed by atoms with Crippen LogP contribution in [0.2, 0.25) is 0 Å². The first-order valence-electron chi connectivity index (χ1n) is 5.68. The molecule has 3 nitrogen and oxygen atoms in total. The van der Waals surface area contributed by atoms with Gasteiger partial charge in [-0.3, -0.25) is 4.79 Å². The van der Waals surface area contributed by atoms with Crippen molar-refractivity contribution in [3.8, 4) is 0 Å². The first-order valence-corrected chi connectivity index (χ1v) is 6.66. The standard InChI is InChI=1S/C14H13FN2OS/c15-12-8-10(6-7-13(12)16)17-14(18)9-19-11-4-2-1-3-5-11/h1-8H,9,16H2,(H,17,18). The number of carbonyl (C=O) groups is 1. The molecule has 0 aliphatic heterocycles. The zero-order valence-electron chi connectivity index (χ0n) is 10.1. The van der Waals surface area contributed by atoms with Gasteiger partial charge in [0.05, 0.1) is 11.4 Å². The Labute approximate surface area is 115 Å². The fourth-order valence-corrected chi connectivity index (χ4v) is 2.19. The molecule has 0 aliphatic rings. The number of nitrogens with one attached hydrogen (secondary N) is 1. The van der Waals surface area contributed by atoms with Crippen LogP contribution in [-0.2, 0) is 4.79 Å². The lowest BCUT2D eigenvalue weighted by atomic mass is 10.2. The highest BCUT2D eigenvalue weighted by Gasteiger charge is 2.05. The molecule has 2 aromatic rings. The third-order valence-corrected chi connectivity index (χ3v) is 3.41. The molecule has 0 spiro atoms. The third-order valence-electron chi connectivity index (χ3n) is 2.40. The van der Waals surface area contributed by atoms with E-state index in [9.17, 15) is 9.18 Å². The minimum Gasteiger partial charge on any atom is -0.396 e. The Morgan fingerprint density at radius 1 is 1.21 bits per heavy atom. The second-order valence-electron chi connectivity index (χ2n) is 3.89. The van der Waals surface area contributed by atoms with Gasteiger partial charge in [0, 0.05) is 10.6 Å². The van der Waals surface area contributed by atoms with Crippen molar-refractivity contribution in [1.82, 2.24) is 0 Å². The summed E-state index contributed by atoms with van der Waals surface area (Å²) in [4.78, 5) is 12.7. The monoisotopic (exact) mass is 276 g/mol. The van der Waals surface area contributed by atoms with Gasteiger partial charge in [0.25, 0.3) is 0 Å². The molecule has 0 saturated heterocycles. The van der Waals surface area contributed by atoms with Crippen molar-refractivity contribution in [2.75, 3.05) is 16.8 Å². The van der Waals surface area contributed by atoms with Crippen LogP contribution in [0.25, 0.3) is 0 Å². The number of hydrogen-bond acceptors (Lipinski definition) is 3. The van der Waals surface area contributed by atoms with Crippen LogP contribution < -0.4 is 11.1 Å². The van der Waals surface area contributed by atoms with E-state index in [4.69, 9.17) is 5.73 Å². The van der Waals surface area contributed by atoms with Crippen LogP contribution in [0.1, 0.15) is 0 Å². The minimum atomic E-state index is -0.534. The van der Waals surface area contributed by atoms with Crippen LogP contribution in [0.4, 0.5) is 15.8 Å². The van der Waals surface area contributed by atoms with Crippen LogP contribution in [0.3, 0.4) is 0 Å². The lowest BCUT2D eigenvalue weighted by Gasteiger charge is -2.06. The van der Waals surface area contributed by atoms with Gasteiger partial charge in [0.2, 0.25) is 5.91 Å². The van der Waals surface area contributed by atoms with E-state index in [1.807, 2.05) is 30.3 Å². The van der Waals surface area contributed by atoms with Crippen molar-refractivity contribution in [3.63, 3.8) is 0 Å². The summed E-state index contributed by atoms with van der Waals surface area (Å²) >= 11 is 1.42. The molecule has 0 aliphatic carbocycles. The molecule has 0 unspecified atom stereocenters. The highest BCUT2D eigenvalue weighted by Crippen LogP contribution is 2.19. The summed E-state index contributed by atoms with van der Waals surface area (Å²) in [5.41, 5.74) is 5.84. The molecule has 0 bridgehead atoms. The quantitative estimate of drug-likeness (QED) is 0.666. The SMILES string of the molecule is Nc1ccc(NC(=O)CSc2ccccc2)cc1F. The van der Waals surface area contributed by atoms with Gasteiger partial charge < -0.3 is 11.1 Å². The fourth-order valence-electron chi connectivity index (χ4n) is 1.47. The van der Waals surface area contributed by atoms with Crippen molar-refractivity contribution < 1.29 is 9.18 Å². The van der Waals surface area contributed by atoms with Crippen LogP contribution in [0.5, 0.6) is 0 Å². The normalized spacial score (nSPS) is 10.2. The first-order chi connectivity index (χ1) is 9.15. The molecule has 0 heterocycles. The van der Waals surface area contributed by atoms with E-state index >= 15 is 0 Å². The Hall–Kier alpha value is -2.01. The lowest BCUT2D eigenvalue weighted by Crippen LogP contribution is -2.14. The van der Waals surface area contributed by atoms with Gasteiger partial charge >= 0.3 is 0 Å². The Morgan fingerprint density at radius 2 is 1.95 bits per heavy atom. The number of hydrogen-bond donors (Lipinski definition) is 2. The van der Waals surface area contributed by atoms with E-state index < -0.39 is 5.82 Å². The number of nitrogens with two attached hydrogens (primary N) is 1. The van der Waals surface area contributed by atoms with Crippen LogP contribution >= 0.6 is 11.8 Å². The van der Waals surface area contributed by atoms with E-state index in [2.05, 4.69) is 5.32 Å². The zero-order chi connectivity index (χ0) is 13.7. The molecule has 5 heteroatoms. The molecule has 0 radical (unpaired) electrons. The maximum Gasteiger partial charge on any atom is 0.234 e. The average molecular weight is 276 g/mol. The summed E-state index contributed by atoms with van der Waals surface area (Å²) in [6.07, 6.45) is 0. The first kappa shape index (κ1) is 13.4. The van der Waals surface area contributed by atoms with Crippen molar-refractivity contribution in [1.29, 1.82) is 0 Å². The van der Waals surface area contributed by atoms with Gasteiger partial charge in [-0.05, 0) is 30.3 Å². The summed E-state index contributed by atoms with van der Waals surface area (Å²) < 4.78 is 13.2. The van der Waals surface area contributed by atoms with Crippen molar-refractivity contribution in [2.45, 2.75) is 4.90 Å². The number of carbonyl (C=O) groups excluding carboxylic acids is 1. The average Bonchev–Trinajstić information content (AvgIpc) is 2.42. The Balaban J connectivity index is 1.89. The Bertz CT molecular complexity index is 575. The predicted molar refractivity (Wildman–Crippen MR) is 76.6 cm³/mol. The predicted octanol–water partition coefficient (Wildman–Crippen LogP) is 3.14. The van der Waals surface area contributed by atoms with Gasteiger partial charge in [-0.25, -0.2) is 4.39 Å². The number of thioether (sulfide) groups is 1. The zero-order valence-corrected chi connectivity index (χ0v) is 10.9. The molecule has 1 amide bonds. The van der Waals surface area contributed by atoms with Crippen LogP contribution in [-0.4, -0.2) is 11.7 Å². The summed E-state index contributed by atoms with van der Waals surface area (Å²) in [5, 5.41) is 2.62. The van der Waals surface area contributed by atoms with Crippen LogP contribution in [0, 0.1) is 5.82 Å². The van der Waals surface area contributed by atoms with E-state index in [-0.39, 0.29) is 17.3 Å². The van der Waals surface area contributed by atoms with Crippen LogP contribution in [0.15, 0.2) is 53.4 Å². The number of anilines is 2. The molecule has 3 N–H and O–H groups in total. The second kappa shape index (κ2) is 6.24. The minimum absolute atomic E-state index is 0.0664. The molecule has 0 fully saturated rings. The number of halogens is 1. The summed E-state index contributed by atoms with van der Waals surface area (Å²) in [6, 6.07) is 13.8. The highest BCUT2D eigenvalue weighted by molar-refractivity contribution is 8.00. The number of nitrogen functional groups attached to an aromatic ring is 1. The topological polar surface area (TPSA) is 55.1 Å². The van der Waals surface area contributed by atoms with Gasteiger partial charge in [-0.15, -0.1) is 11.8 Å². The maximum absolute atomic E-state index is 13.2. The van der Waals surface area contributed by atoms with E-state index in [0.29, 0.717) is 5.69 Å². The van der Waals surface area contributed by atoms with E-state index in [1.54, 1.807) is 6.07 Å². The summed E-state index contributed by atoms with van der Waals surface area (Å²) in [6.45, 7) is 0. The molecule has 0 saturated carbocycles. The molecular weight excluding hydrogens is 263 g/mol. The molecule has 0 atom stereocenters. The van der Waals surface area contributed by atoms with Gasteiger partial charge in [0.1, 0.15) is 5.82 Å².